The number of hydrogen-bond donors (Lipinski definition) is 0. The molecule has 0 amide bonds. The molecule has 0 aliphatic heterocycles. The van der Waals surface area contributed by atoms with E-state index in [0.29, 0.717) is 0 Å². The highest BCUT2D eigenvalue weighted by atomic mass is 14.4. The standard InChI is InChI=1S/C14H26/c1-6-7-10(2)13(5)14-8-11(3)12(4)9-14/h6,10-14H,1,7-9H2,2-5H3/t10?,11-,12?,13?,14?/m1/s1. The lowest BCUT2D eigenvalue weighted by Gasteiger charge is -2.25. The van der Waals surface area contributed by atoms with Crippen LogP contribution in [-0.2, 0) is 0 Å². The first-order valence-corrected chi connectivity index (χ1v) is 6.17. The molecule has 0 spiro atoms. The van der Waals surface area contributed by atoms with E-state index in [-0.39, 0.29) is 0 Å². The van der Waals surface area contributed by atoms with Crippen molar-refractivity contribution in [1.29, 1.82) is 0 Å². The minimum Gasteiger partial charge on any atom is -0.103 e. The largest absolute Gasteiger partial charge is 0.103 e. The first-order valence-electron chi connectivity index (χ1n) is 6.17. The molecule has 0 heteroatoms. The minimum absolute atomic E-state index is 0.815. The van der Waals surface area contributed by atoms with Gasteiger partial charge in [0.2, 0.25) is 0 Å². The summed E-state index contributed by atoms with van der Waals surface area (Å²) in [5.74, 6) is 4.54. The van der Waals surface area contributed by atoms with Gasteiger partial charge in [0.25, 0.3) is 0 Å². The van der Waals surface area contributed by atoms with Crippen LogP contribution in [0.5, 0.6) is 0 Å². The topological polar surface area (TPSA) is 0 Å². The Morgan fingerprint density at radius 1 is 1.21 bits per heavy atom. The summed E-state index contributed by atoms with van der Waals surface area (Å²) in [6.45, 7) is 13.5. The molecule has 4 unspecified atom stereocenters. The molecule has 0 radical (unpaired) electrons. The van der Waals surface area contributed by atoms with Crippen LogP contribution in [0.15, 0.2) is 12.7 Å². The van der Waals surface area contributed by atoms with Crippen molar-refractivity contribution in [3.63, 3.8) is 0 Å². The fourth-order valence-corrected chi connectivity index (χ4v) is 2.89. The Morgan fingerprint density at radius 3 is 2.14 bits per heavy atom. The summed E-state index contributed by atoms with van der Waals surface area (Å²) in [5.41, 5.74) is 0. The fraction of sp³-hybridized carbons (Fsp3) is 0.857. The molecule has 5 atom stereocenters. The molecular weight excluding hydrogens is 168 g/mol. The van der Waals surface area contributed by atoms with Gasteiger partial charge in [-0.15, -0.1) is 6.58 Å². The highest BCUT2D eigenvalue weighted by Gasteiger charge is 2.32. The summed E-state index contributed by atoms with van der Waals surface area (Å²) in [6, 6.07) is 0. The summed E-state index contributed by atoms with van der Waals surface area (Å²) in [7, 11) is 0. The van der Waals surface area contributed by atoms with Gasteiger partial charge < -0.3 is 0 Å². The molecule has 1 rings (SSSR count). The molecule has 0 N–H and O–H groups in total. The van der Waals surface area contributed by atoms with Crippen molar-refractivity contribution in [1.82, 2.24) is 0 Å². The van der Waals surface area contributed by atoms with Crippen molar-refractivity contribution in [2.24, 2.45) is 29.6 Å². The third-order valence-electron chi connectivity index (χ3n) is 4.50. The minimum atomic E-state index is 0.815. The van der Waals surface area contributed by atoms with Gasteiger partial charge >= 0.3 is 0 Å². The summed E-state index contributed by atoms with van der Waals surface area (Å²) >= 11 is 0. The van der Waals surface area contributed by atoms with Gasteiger partial charge in [0.15, 0.2) is 0 Å². The Labute approximate surface area is 89.8 Å². The Balaban J connectivity index is 2.45. The van der Waals surface area contributed by atoms with Crippen LogP contribution in [0.1, 0.15) is 47.0 Å². The Morgan fingerprint density at radius 2 is 1.71 bits per heavy atom. The van der Waals surface area contributed by atoms with Crippen LogP contribution in [0.2, 0.25) is 0 Å². The van der Waals surface area contributed by atoms with E-state index in [1.807, 2.05) is 0 Å². The van der Waals surface area contributed by atoms with E-state index in [1.54, 1.807) is 0 Å². The first kappa shape index (κ1) is 11.8. The van der Waals surface area contributed by atoms with E-state index >= 15 is 0 Å². The van der Waals surface area contributed by atoms with Crippen LogP contribution in [0.3, 0.4) is 0 Å². The second-order valence-electron chi connectivity index (χ2n) is 5.55. The predicted molar refractivity (Wildman–Crippen MR) is 64.2 cm³/mol. The van der Waals surface area contributed by atoms with Gasteiger partial charge in [-0.2, -0.15) is 0 Å². The summed E-state index contributed by atoms with van der Waals surface area (Å²) in [4.78, 5) is 0. The van der Waals surface area contributed by atoms with Crippen LogP contribution < -0.4 is 0 Å². The first-order chi connectivity index (χ1) is 6.56. The molecule has 0 bridgehead atoms. The molecule has 1 saturated carbocycles. The highest BCUT2D eigenvalue weighted by molar-refractivity contribution is 4.85. The number of allylic oxidation sites excluding steroid dienone is 1. The zero-order chi connectivity index (χ0) is 10.7. The van der Waals surface area contributed by atoms with Gasteiger partial charge in [-0.3, -0.25) is 0 Å². The molecule has 0 heterocycles. The second-order valence-corrected chi connectivity index (χ2v) is 5.55. The molecule has 1 aliphatic carbocycles. The van der Waals surface area contributed by atoms with Crippen LogP contribution in [-0.4, -0.2) is 0 Å². The monoisotopic (exact) mass is 194 g/mol. The SMILES string of the molecule is C=CCC(C)C(C)C1CC(C)[C@H](C)C1. The van der Waals surface area contributed by atoms with E-state index < -0.39 is 0 Å². The van der Waals surface area contributed by atoms with Crippen molar-refractivity contribution < 1.29 is 0 Å². The lowest BCUT2D eigenvalue weighted by Crippen LogP contribution is -2.16. The molecule has 0 nitrogen and oxygen atoms in total. The third kappa shape index (κ3) is 2.62. The lowest BCUT2D eigenvalue weighted by atomic mass is 9.81. The maximum absolute atomic E-state index is 3.84. The van der Waals surface area contributed by atoms with Crippen molar-refractivity contribution in [2.75, 3.05) is 0 Å². The van der Waals surface area contributed by atoms with Crippen molar-refractivity contribution in [3.8, 4) is 0 Å². The van der Waals surface area contributed by atoms with Gasteiger partial charge in [0.1, 0.15) is 0 Å². The average molecular weight is 194 g/mol. The zero-order valence-electron chi connectivity index (χ0n) is 10.3. The second kappa shape index (κ2) is 5.00. The molecule has 0 aromatic rings. The van der Waals surface area contributed by atoms with E-state index in [2.05, 4.69) is 40.3 Å². The van der Waals surface area contributed by atoms with Crippen molar-refractivity contribution >= 4 is 0 Å². The van der Waals surface area contributed by atoms with Crippen molar-refractivity contribution in [2.45, 2.75) is 47.0 Å². The number of rotatable bonds is 4. The fourth-order valence-electron chi connectivity index (χ4n) is 2.89. The molecule has 0 aromatic heterocycles. The van der Waals surface area contributed by atoms with Gasteiger partial charge in [-0.25, -0.2) is 0 Å². The van der Waals surface area contributed by atoms with Gasteiger partial charge in [-0.05, 0) is 48.9 Å². The van der Waals surface area contributed by atoms with E-state index in [9.17, 15) is 0 Å². The Kier molecular flexibility index (Phi) is 4.22. The predicted octanol–water partition coefficient (Wildman–Crippen LogP) is 4.52. The van der Waals surface area contributed by atoms with Gasteiger partial charge in [-0.1, -0.05) is 33.8 Å². The molecule has 82 valence electrons. The summed E-state index contributed by atoms with van der Waals surface area (Å²) < 4.78 is 0. The maximum atomic E-state index is 3.84. The summed E-state index contributed by atoms with van der Waals surface area (Å²) in [5, 5.41) is 0. The highest BCUT2D eigenvalue weighted by Crippen LogP contribution is 2.42. The molecule has 0 aromatic carbocycles. The van der Waals surface area contributed by atoms with Crippen LogP contribution in [0.4, 0.5) is 0 Å². The quantitative estimate of drug-likeness (QED) is 0.577. The maximum Gasteiger partial charge on any atom is -0.0325 e. The Bertz CT molecular complexity index is 172. The van der Waals surface area contributed by atoms with Crippen LogP contribution in [0.25, 0.3) is 0 Å². The van der Waals surface area contributed by atoms with Gasteiger partial charge in [0, 0.05) is 0 Å². The van der Waals surface area contributed by atoms with Crippen LogP contribution >= 0.6 is 0 Å². The zero-order valence-corrected chi connectivity index (χ0v) is 10.3. The molecular formula is C14H26. The van der Waals surface area contributed by atoms with E-state index in [1.165, 1.54) is 19.3 Å². The van der Waals surface area contributed by atoms with E-state index in [0.717, 1.165) is 29.6 Å². The molecule has 1 fully saturated rings. The molecule has 14 heavy (non-hydrogen) atoms. The van der Waals surface area contributed by atoms with E-state index in [4.69, 9.17) is 0 Å². The number of hydrogen-bond acceptors (Lipinski definition) is 0. The smallest absolute Gasteiger partial charge is 0.0325 e. The van der Waals surface area contributed by atoms with Gasteiger partial charge in [0.05, 0.1) is 0 Å². The molecule has 1 aliphatic rings. The molecule has 0 saturated heterocycles. The van der Waals surface area contributed by atoms with Crippen molar-refractivity contribution in [3.05, 3.63) is 12.7 Å². The Hall–Kier alpha value is -0.260. The third-order valence-corrected chi connectivity index (χ3v) is 4.50. The average Bonchev–Trinajstić information content (AvgIpc) is 2.46. The van der Waals surface area contributed by atoms with Crippen LogP contribution in [0, 0.1) is 29.6 Å². The lowest BCUT2D eigenvalue weighted by molar-refractivity contribution is 0.260. The summed E-state index contributed by atoms with van der Waals surface area (Å²) in [6.07, 6.45) is 6.15. The normalized spacial score (nSPS) is 36.7.